The van der Waals surface area contributed by atoms with E-state index in [1.54, 1.807) is 18.7 Å². The maximum absolute atomic E-state index is 11.1. The lowest BCUT2D eigenvalue weighted by Crippen LogP contribution is -2.43. The molecule has 2 unspecified atom stereocenters. The number of rotatable bonds is 4. The van der Waals surface area contributed by atoms with Gasteiger partial charge in [-0.25, -0.2) is 0 Å². The van der Waals surface area contributed by atoms with Crippen LogP contribution < -0.4 is 0 Å². The number of allylic oxidation sites excluding steroid dienone is 5. The Hall–Kier alpha value is -1.29. The van der Waals surface area contributed by atoms with E-state index in [0.29, 0.717) is 0 Å². The molecule has 0 fully saturated rings. The third-order valence-electron chi connectivity index (χ3n) is 5.89. The molecule has 3 atom stereocenters. The molecule has 2 N–H and O–H groups in total. The molecule has 1 aliphatic carbocycles. The first kappa shape index (κ1) is 24.0. The Labute approximate surface area is 181 Å². The van der Waals surface area contributed by atoms with Gasteiger partial charge in [-0.05, 0) is 78.4 Å². The van der Waals surface area contributed by atoms with Crippen molar-refractivity contribution in [3.05, 3.63) is 65.3 Å². The molecule has 2 rings (SSSR count). The first-order valence-electron chi connectivity index (χ1n) is 10.9. The van der Waals surface area contributed by atoms with Gasteiger partial charge in [0, 0.05) is 16.1 Å². The Balaban J connectivity index is 2.39. The lowest BCUT2D eigenvalue weighted by molar-refractivity contribution is -0.0466. The molecule has 0 heterocycles. The molecule has 0 aromatic heterocycles. The second-order valence-electron chi connectivity index (χ2n) is 8.75. The second-order valence-corrected chi connectivity index (χ2v) is 10.00. The molecule has 160 valence electrons. The number of aliphatic hydroxyl groups excluding tert-OH is 1. The Morgan fingerprint density at radius 2 is 1.52 bits per heavy atom. The molecular weight excluding hydrogens is 376 g/mol. The monoisotopic (exact) mass is 414 g/mol. The average molecular weight is 415 g/mol. The molecule has 0 aliphatic heterocycles. The minimum Gasteiger partial charge on any atom is -0.393 e. The summed E-state index contributed by atoms with van der Waals surface area (Å²) in [6, 6.07) is 10.4. The predicted octanol–water partition coefficient (Wildman–Crippen LogP) is 6.70. The van der Waals surface area contributed by atoms with Crippen molar-refractivity contribution >= 4 is 11.8 Å². The highest BCUT2D eigenvalue weighted by atomic mass is 32.2. The summed E-state index contributed by atoms with van der Waals surface area (Å²) in [4.78, 5) is 1.20. The van der Waals surface area contributed by atoms with E-state index in [2.05, 4.69) is 63.3 Å². The van der Waals surface area contributed by atoms with Gasteiger partial charge in [-0.2, -0.15) is 0 Å². The zero-order chi connectivity index (χ0) is 21.3. The van der Waals surface area contributed by atoms with Gasteiger partial charge >= 0.3 is 0 Å². The summed E-state index contributed by atoms with van der Waals surface area (Å²) < 4.78 is 0. The van der Waals surface area contributed by atoms with E-state index < -0.39 is 5.60 Å². The van der Waals surface area contributed by atoms with Crippen LogP contribution in [0.2, 0.25) is 0 Å². The SMILES string of the molecule is C/C1=C\CC/C(C)=C/C(Sc2ccccc2)C([C@](C)(O)CO)CC/C(C)=C/CC1. The van der Waals surface area contributed by atoms with Gasteiger partial charge in [0.05, 0.1) is 12.2 Å². The summed E-state index contributed by atoms with van der Waals surface area (Å²) in [7, 11) is 0. The lowest BCUT2D eigenvalue weighted by atomic mass is 9.81. The fraction of sp³-hybridized carbons (Fsp3) is 0.538. The third-order valence-corrected chi connectivity index (χ3v) is 7.17. The minimum atomic E-state index is -1.11. The van der Waals surface area contributed by atoms with E-state index in [1.807, 2.05) is 6.07 Å². The van der Waals surface area contributed by atoms with Crippen molar-refractivity contribution in [1.82, 2.24) is 0 Å². The van der Waals surface area contributed by atoms with Crippen molar-refractivity contribution in [2.45, 2.75) is 82.0 Å². The summed E-state index contributed by atoms with van der Waals surface area (Å²) in [5, 5.41) is 21.2. The van der Waals surface area contributed by atoms with Crippen molar-refractivity contribution in [2.75, 3.05) is 6.61 Å². The van der Waals surface area contributed by atoms with Gasteiger partial charge in [-0.1, -0.05) is 53.1 Å². The van der Waals surface area contributed by atoms with Crippen LogP contribution in [0, 0.1) is 5.92 Å². The maximum atomic E-state index is 11.1. The molecular formula is C26H38O2S. The van der Waals surface area contributed by atoms with Crippen molar-refractivity contribution in [3.63, 3.8) is 0 Å². The normalized spacial score (nSPS) is 29.9. The molecule has 3 heteroatoms. The largest absolute Gasteiger partial charge is 0.393 e. The lowest BCUT2D eigenvalue weighted by Gasteiger charge is -2.36. The summed E-state index contributed by atoms with van der Waals surface area (Å²) in [5.41, 5.74) is 3.08. The third kappa shape index (κ3) is 8.16. The van der Waals surface area contributed by atoms with Gasteiger partial charge in [0.2, 0.25) is 0 Å². The van der Waals surface area contributed by atoms with E-state index >= 15 is 0 Å². The molecule has 0 saturated heterocycles. The van der Waals surface area contributed by atoms with Gasteiger partial charge in [-0.3, -0.25) is 0 Å². The van der Waals surface area contributed by atoms with E-state index in [0.717, 1.165) is 38.5 Å². The van der Waals surface area contributed by atoms with Gasteiger partial charge < -0.3 is 10.2 Å². The van der Waals surface area contributed by atoms with Gasteiger partial charge in [0.1, 0.15) is 0 Å². The molecule has 1 aromatic rings. The van der Waals surface area contributed by atoms with Crippen LogP contribution in [-0.2, 0) is 0 Å². The van der Waals surface area contributed by atoms with E-state index in [-0.39, 0.29) is 17.8 Å². The van der Waals surface area contributed by atoms with Crippen LogP contribution in [-0.4, -0.2) is 27.7 Å². The van der Waals surface area contributed by atoms with Crippen LogP contribution in [0.4, 0.5) is 0 Å². The number of aliphatic hydroxyl groups is 2. The first-order chi connectivity index (χ1) is 13.8. The van der Waals surface area contributed by atoms with Gasteiger partial charge in [0.15, 0.2) is 0 Å². The van der Waals surface area contributed by atoms with Crippen LogP contribution in [0.3, 0.4) is 0 Å². The van der Waals surface area contributed by atoms with Crippen molar-refractivity contribution < 1.29 is 10.2 Å². The summed E-state index contributed by atoms with van der Waals surface area (Å²) in [5.74, 6) is -0.0313. The molecule has 0 spiro atoms. The Kier molecular flexibility index (Phi) is 9.74. The summed E-state index contributed by atoms with van der Waals surface area (Å²) >= 11 is 1.80. The molecule has 1 aliphatic rings. The number of hydrogen-bond acceptors (Lipinski definition) is 3. The number of benzene rings is 1. The van der Waals surface area contributed by atoms with E-state index in [9.17, 15) is 10.2 Å². The van der Waals surface area contributed by atoms with E-state index in [4.69, 9.17) is 0 Å². The van der Waals surface area contributed by atoms with E-state index in [1.165, 1.54) is 21.6 Å². The molecule has 0 radical (unpaired) electrons. The molecule has 0 amide bonds. The molecule has 29 heavy (non-hydrogen) atoms. The van der Waals surface area contributed by atoms with Crippen molar-refractivity contribution in [3.8, 4) is 0 Å². The van der Waals surface area contributed by atoms with Gasteiger partial charge in [-0.15, -0.1) is 11.8 Å². The first-order valence-corrected chi connectivity index (χ1v) is 11.7. The zero-order valence-corrected chi connectivity index (χ0v) is 19.3. The molecule has 1 aromatic carbocycles. The topological polar surface area (TPSA) is 40.5 Å². The highest BCUT2D eigenvalue weighted by Crippen LogP contribution is 2.38. The molecule has 0 bridgehead atoms. The van der Waals surface area contributed by atoms with Crippen molar-refractivity contribution in [1.29, 1.82) is 0 Å². The zero-order valence-electron chi connectivity index (χ0n) is 18.5. The summed E-state index contributed by atoms with van der Waals surface area (Å²) in [6.45, 7) is 8.19. The quantitative estimate of drug-likeness (QED) is 0.539. The fourth-order valence-corrected chi connectivity index (χ4v) is 5.40. The summed E-state index contributed by atoms with van der Waals surface area (Å²) in [6.07, 6.45) is 13.1. The Bertz CT molecular complexity index is 715. The van der Waals surface area contributed by atoms with Crippen LogP contribution in [0.15, 0.2) is 70.2 Å². The standard InChI is InChI=1S/C26H38O2S/c1-20-10-8-12-21(2)16-17-24(26(4,28)19-27)25(18-22(3)13-9-11-20)29-23-14-6-5-7-15-23/h5-7,11-12,14-15,18,24-25,27-28H,8-10,13,16-17,19H2,1-4H3/b20-11+,21-12+,22-18+/t24?,25?,26-/m1/s1. The number of thioether (sulfide) groups is 1. The second kappa shape index (κ2) is 11.8. The van der Waals surface area contributed by atoms with Crippen LogP contribution >= 0.6 is 11.8 Å². The average Bonchev–Trinajstić information content (AvgIpc) is 2.68. The Morgan fingerprint density at radius 1 is 0.931 bits per heavy atom. The molecule has 2 nitrogen and oxygen atoms in total. The van der Waals surface area contributed by atoms with Gasteiger partial charge in [0.25, 0.3) is 0 Å². The highest BCUT2D eigenvalue weighted by Gasteiger charge is 2.36. The van der Waals surface area contributed by atoms with Crippen LogP contribution in [0.25, 0.3) is 0 Å². The highest BCUT2D eigenvalue weighted by molar-refractivity contribution is 8.00. The smallest absolute Gasteiger partial charge is 0.0891 e. The van der Waals surface area contributed by atoms with Crippen LogP contribution in [0.1, 0.15) is 66.2 Å². The minimum absolute atomic E-state index is 0.0313. The fourth-order valence-electron chi connectivity index (χ4n) is 3.88. The van der Waals surface area contributed by atoms with Crippen molar-refractivity contribution in [2.24, 2.45) is 5.92 Å². The predicted molar refractivity (Wildman–Crippen MR) is 126 cm³/mol. The Morgan fingerprint density at radius 3 is 2.14 bits per heavy atom. The molecule has 0 saturated carbocycles. The van der Waals surface area contributed by atoms with Crippen LogP contribution in [0.5, 0.6) is 0 Å². The maximum Gasteiger partial charge on any atom is 0.0891 e. The number of hydrogen-bond donors (Lipinski definition) is 2.